The van der Waals surface area contributed by atoms with E-state index in [1.165, 1.54) is 11.1 Å². The Kier molecular flexibility index (Phi) is 3.96. The van der Waals surface area contributed by atoms with Crippen molar-refractivity contribution < 1.29 is 0 Å². The Morgan fingerprint density at radius 1 is 0.923 bits per heavy atom. The molecular formula is C22H22N4. The maximum Gasteiger partial charge on any atom is 0.150 e. The zero-order chi connectivity index (χ0) is 18.3. The molecule has 0 fully saturated rings. The Morgan fingerprint density at radius 3 is 2.35 bits per heavy atom. The molecule has 0 aliphatic heterocycles. The highest BCUT2D eigenvalue weighted by molar-refractivity contribution is 5.82. The van der Waals surface area contributed by atoms with E-state index in [9.17, 15) is 0 Å². The van der Waals surface area contributed by atoms with Gasteiger partial charge < -0.3 is 4.57 Å². The first-order valence-electron chi connectivity index (χ1n) is 8.79. The fourth-order valence-electron chi connectivity index (χ4n) is 3.53. The SMILES string of the molecule is Cc1ccccc1-n1c(C)c(C)c2c(=N)n(Cc3ccccc3)cnc21. The van der Waals surface area contributed by atoms with Crippen LogP contribution >= 0.6 is 0 Å². The second-order valence-corrected chi connectivity index (χ2v) is 6.74. The Hall–Kier alpha value is -3.14. The number of para-hydroxylation sites is 1. The smallest absolute Gasteiger partial charge is 0.150 e. The van der Waals surface area contributed by atoms with E-state index in [-0.39, 0.29) is 0 Å². The van der Waals surface area contributed by atoms with Gasteiger partial charge in [-0.1, -0.05) is 48.5 Å². The van der Waals surface area contributed by atoms with Gasteiger partial charge in [-0.3, -0.25) is 9.98 Å². The van der Waals surface area contributed by atoms with Crippen molar-refractivity contribution in [2.45, 2.75) is 27.3 Å². The minimum atomic E-state index is 0.506. The molecule has 0 amide bonds. The molecule has 1 N–H and O–H groups in total. The van der Waals surface area contributed by atoms with Gasteiger partial charge >= 0.3 is 0 Å². The first kappa shape index (κ1) is 16.3. The van der Waals surface area contributed by atoms with Crippen LogP contribution in [0.3, 0.4) is 0 Å². The molecule has 0 saturated carbocycles. The maximum absolute atomic E-state index is 8.77. The Morgan fingerprint density at radius 2 is 1.62 bits per heavy atom. The molecule has 2 aromatic heterocycles. The molecule has 0 atom stereocenters. The van der Waals surface area contributed by atoms with Crippen molar-refractivity contribution in [3.8, 4) is 5.69 Å². The predicted molar refractivity (Wildman–Crippen MR) is 105 cm³/mol. The van der Waals surface area contributed by atoms with Crippen LogP contribution in [0.5, 0.6) is 0 Å². The van der Waals surface area contributed by atoms with Gasteiger partial charge in [0.05, 0.1) is 23.9 Å². The molecule has 0 saturated heterocycles. The van der Waals surface area contributed by atoms with E-state index in [0.29, 0.717) is 12.0 Å². The summed E-state index contributed by atoms with van der Waals surface area (Å²) in [5.41, 5.74) is 7.09. The summed E-state index contributed by atoms with van der Waals surface area (Å²) in [5.74, 6) is 0. The Labute approximate surface area is 152 Å². The summed E-state index contributed by atoms with van der Waals surface area (Å²) >= 11 is 0. The number of nitrogens with zero attached hydrogens (tertiary/aromatic N) is 3. The number of aryl methyl sites for hydroxylation is 2. The third-order valence-electron chi connectivity index (χ3n) is 5.08. The molecule has 4 aromatic rings. The monoisotopic (exact) mass is 342 g/mol. The lowest BCUT2D eigenvalue weighted by atomic mass is 10.2. The zero-order valence-corrected chi connectivity index (χ0v) is 15.3. The van der Waals surface area contributed by atoms with E-state index in [1.807, 2.05) is 34.9 Å². The zero-order valence-electron chi connectivity index (χ0n) is 15.3. The average Bonchev–Trinajstić information content (AvgIpc) is 2.90. The summed E-state index contributed by atoms with van der Waals surface area (Å²) in [6.07, 6.45) is 1.78. The molecule has 4 nitrogen and oxygen atoms in total. The van der Waals surface area contributed by atoms with Crippen molar-refractivity contribution in [3.63, 3.8) is 0 Å². The second-order valence-electron chi connectivity index (χ2n) is 6.74. The predicted octanol–water partition coefficient (Wildman–Crippen LogP) is 4.28. The summed E-state index contributed by atoms with van der Waals surface area (Å²) in [6, 6.07) is 18.5. The molecule has 0 spiro atoms. The van der Waals surface area contributed by atoms with Crippen LogP contribution in [0, 0.1) is 26.2 Å². The fraction of sp³-hybridized carbons (Fsp3) is 0.182. The molecule has 4 heteroatoms. The van der Waals surface area contributed by atoms with Gasteiger partial charge in [-0.25, -0.2) is 4.98 Å². The van der Waals surface area contributed by atoms with Crippen molar-refractivity contribution in [2.24, 2.45) is 0 Å². The highest BCUT2D eigenvalue weighted by Crippen LogP contribution is 2.26. The Bertz CT molecular complexity index is 1150. The number of benzene rings is 2. The van der Waals surface area contributed by atoms with Crippen LogP contribution in [0.1, 0.15) is 22.4 Å². The fourth-order valence-corrected chi connectivity index (χ4v) is 3.53. The molecule has 4 rings (SSSR count). The summed E-state index contributed by atoms with van der Waals surface area (Å²) in [6.45, 7) is 6.94. The van der Waals surface area contributed by atoms with Crippen LogP contribution in [-0.2, 0) is 6.54 Å². The number of aromatic nitrogens is 3. The topological polar surface area (TPSA) is 46.6 Å². The van der Waals surface area contributed by atoms with Gasteiger partial charge in [0.1, 0.15) is 11.1 Å². The quantitative estimate of drug-likeness (QED) is 0.593. The van der Waals surface area contributed by atoms with E-state index in [2.05, 4.69) is 49.6 Å². The molecular weight excluding hydrogens is 320 g/mol. The second kappa shape index (κ2) is 6.30. The van der Waals surface area contributed by atoms with Crippen LogP contribution < -0.4 is 5.49 Å². The van der Waals surface area contributed by atoms with Crippen molar-refractivity contribution >= 4 is 11.0 Å². The van der Waals surface area contributed by atoms with E-state index >= 15 is 0 Å². The number of nitrogens with one attached hydrogen (secondary N) is 1. The van der Waals surface area contributed by atoms with Gasteiger partial charge in [-0.05, 0) is 43.5 Å². The molecule has 0 unspecified atom stereocenters. The number of rotatable bonds is 3. The molecule has 130 valence electrons. The number of fused-ring (bicyclic) bond motifs is 1. The van der Waals surface area contributed by atoms with Crippen LogP contribution in [0.25, 0.3) is 16.7 Å². The van der Waals surface area contributed by atoms with Gasteiger partial charge in [0.2, 0.25) is 0 Å². The molecule has 0 aliphatic carbocycles. The largest absolute Gasteiger partial charge is 0.312 e. The highest BCUT2D eigenvalue weighted by atomic mass is 15.1. The van der Waals surface area contributed by atoms with Gasteiger partial charge in [0.25, 0.3) is 0 Å². The van der Waals surface area contributed by atoms with Crippen LogP contribution in [0.2, 0.25) is 0 Å². The van der Waals surface area contributed by atoms with E-state index in [0.717, 1.165) is 28.0 Å². The van der Waals surface area contributed by atoms with Crippen molar-refractivity contribution in [2.75, 3.05) is 0 Å². The molecule has 2 aromatic carbocycles. The number of hydrogen-bond acceptors (Lipinski definition) is 2. The summed E-state index contributed by atoms with van der Waals surface area (Å²) < 4.78 is 4.08. The minimum Gasteiger partial charge on any atom is -0.312 e. The maximum atomic E-state index is 8.77. The van der Waals surface area contributed by atoms with Gasteiger partial charge in [-0.15, -0.1) is 0 Å². The third kappa shape index (κ3) is 2.54. The Balaban J connectivity index is 1.93. The van der Waals surface area contributed by atoms with Crippen molar-refractivity contribution in [1.82, 2.24) is 14.1 Å². The van der Waals surface area contributed by atoms with E-state index < -0.39 is 0 Å². The summed E-state index contributed by atoms with van der Waals surface area (Å²) in [4.78, 5) is 4.74. The lowest BCUT2D eigenvalue weighted by molar-refractivity contribution is 0.721. The van der Waals surface area contributed by atoms with Crippen molar-refractivity contribution in [1.29, 1.82) is 5.41 Å². The average molecular weight is 342 g/mol. The van der Waals surface area contributed by atoms with Gasteiger partial charge in [0, 0.05) is 5.69 Å². The van der Waals surface area contributed by atoms with Crippen LogP contribution in [0.15, 0.2) is 60.9 Å². The lowest BCUT2D eigenvalue weighted by Crippen LogP contribution is -2.21. The minimum absolute atomic E-state index is 0.506. The molecule has 0 aliphatic rings. The van der Waals surface area contributed by atoms with Gasteiger partial charge in [0.15, 0.2) is 0 Å². The third-order valence-corrected chi connectivity index (χ3v) is 5.08. The summed E-state index contributed by atoms with van der Waals surface area (Å²) in [5, 5.41) is 9.69. The highest BCUT2D eigenvalue weighted by Gasteiger charge is 2.17. The lowest BCUT2D eigenvalue weighted by Gasteiger charge is -2.12. The standard InChI is InChI=1S/C22H22N4/c1-15-9-7-8-12-19(15)26-17(3)16(2)20-21(23)25(14-24-22(20)26)13-18-10-5-4-6-11-18/h4-12,14,23H,13H2,1-3H3. The first-order valence-corrected chi connectivity index (χ1v) is 8.79. The van der Waals surface area contributed by atoms with Gasteiger partial charge in [-0.2, -0.15) is 0 Å². The van der Waals surface area contributed by atoms with E-state index in [4.69, 9.17) is 10.4 Å². The number of hydrogen-bond donors (Lipinski definition) is 1. The first-order chi connectivity index (χ1) is 12.6. The van der Waals surface area contributed by atoms with Crippen molar-refractivity contribution in [3.05, 3.63) is 88.8 Å². The van der Waals surface area contributed by atoms with Crippen LogP contribution in [-0.4, -0.2) is 14.1 Å². The summed E-state index contributed by atoms with van der Waals surface area (Å²) in [7, 11) is 0. The molecule has 2 heterocycles. The molecule has 0 bridgehead atoms. The molecule has 26 heavy (non-hydrogen) atoms. The van der Waals surface area contributed by atoms with E-state index in [1.54, 1.807) is 6.33 Å². The van der Waals surface area contributed by atoms with Crippen LogP contribution in [0.4, 0.5) is 0 Å². The molecule has 0 radical (unpaired) electrons. The normalized spacial score (nSPS) is 11.2.